The van der Waals surface area contributed by atoms with Crippen LogP contribution in [0.25, 0.3) is 0 Å². The number of aliphatic hydroxyl groups is 1. The number of allylic oxidation sites excluding steroid dienone is 6. The fourth-order valence-electron chi connectivity index (χ4n) is 10.9. The van der Waals surface area contributed by atoms with E-state index in [4.69, 9.17) is 9.47 Å². The zero-order chi connectivity index (χ0) is 55.5. The van der Waals surface area contributed by atoms with E-state index in [9.17, 15) is 14.7 Å². The van der Waals surface area contributed by atoms with Crippen molar-refractivity contribution >= 4 is 11.9 Å². The first kappa shape index (κ1) is 75.1. The Morgan fingerprint density at radius 2 is 0.519 bits per heavy atom. The second kappa shape index (κ2) is 68.4. The molecule has 0 aliphatic rings. The third-order valence-corrected chi connectivity index (χ3v) is 16.2. The third-order valence-electron chi connectivity index (χ3n) is 16.2. The Bertz CT molecular complexity index is 1220. The van der Waals surface area contributed by atoms with Gasteiger partial charge in [0.15, 0.2) is 6.10 Å². The first-order valence-electron chi connectivity index (χ1n) is 35.0. The molecule has 1 atom stereocenters. The molecule has 0 aromatic heterocycles. The van der Waals surface area contributed by atoms with Crippen LogP contribution < -0.4 is 0 Å². The van der Waals surface area contributed by atoms with E-state index in [0.29, 0.717) is 12.8 Å². The number of ether oxygens (including phenoxy) is 2. The van der Waals surface area contributed by atoms with Gasteiger partial charge in [-0.25, -0.2) is 0 Å². The summed E-state index contributed by atoms with van der Waals surface area (Å²) in [5.41, 5.74) is 0. The monoisotopic (exact) mass is 1080 g/mol. The quantitative estimate of drug-likeness (QED) is 0.0373. The van der Waals surface area contributed by atoms with Gasteiger partial charge in [0.05, 0.1) is 6.61 Å². The highest BCUT2D eigenvalue weighted by Crippen LogP contribution is 2.19. The minimum atomic E-state index is -0.770. The molecular weight excluding hydrogens is 945 g/mol. The van der Waals surface area contributed by atoms with E-state index >= 15 is 0 Å². The van der Waals surface area contributed by atoms with E-state index in [1.807, 2.05) is 0 Å². The predicted octanol–water partition coefficient (Wildman–Crippen LogP) is 24.2. The van der Waals surface area contributed by atoms with E-state index in [1.54, 1.807) is 0 Å². The first-order valence-corrected chi connectivity index (χ1v) is 35.0. The zero-order valence-corrected chi connectivity index (χ0v) is 52.3. The summed E-state index contributed by atoms with van der Waals surface area (Å²) in [5, 5.41) is 9.70. The number of hydrogen-bond acceptors (Lipinski definition) is 5. The number of esters is 2. The molecule has 0 saturated heterocycles. The van der Waals surface area contributed by atoms with Gasteiger partial charge in [-0.05, 0) is 51.4 Å². The number of hydrogen-bond donors (Lipinski definition) is 1. The Morgan fingerprint density at radius 3 is 0.779 bits per heavy atom. The maximum Gasteiger partial charge on any atom is 0.306 e. The molecule has 5 nitrogen and oxygen atoms in total. The van der Waals surface area contributed by atoms with Crippen molar-refractivity contribution in [3.05, 3.63) is 36.5 Å². The largest absolute Gasteiger partial charge is 0.462 e. The lowest BCUT2D eigenvalue weighted by Gasteiger charge is -2.15. The standard InChI is InChI=1S/C72H136O5/c1-3-5-7-9-11-13-15-17-19-21-23-25-27-29-31-33-35-36-37-39-41-43-45-47-49-51-53-55-57-59-61-63-65-67-72(75)77-70(68-73)69-76-71(74)66-64-62-60-58-56-54-52-50-48-46-44-42-40-38-34-32-30-28-26-24-22-20-18-16-14-12-10-8-6-4-2/h15,17,21,23,27,29,70,73H,3-14,16,18-20,22,24-26,28,30-69H2,1-2H3/b17-15-,23-21-,29-27-. The number of rotatable bonds is 66. The van der Waals surface area contributed by atoms with E-state index in [0.717, 1.165) is 44.9 Å². The lowest BCUT2D eigenvalue weighted by atomic mass is 10.0. The molecule has 0 rings (SSSR count). The van der Waals surface area contributed by atoms with E-state index in [2.05, 4.69) is 50.3 Å². The molecule has 454 valence electrons. The van der Waals surface area contributed by atoms with Gasteiger partial charge >= 0.3 is 11.9 Å². The minimum absolute atomic E-state index is 0.0590. The molecule has 5 heteroatoms. The smallest absolute Gasteiger partial charge is 0.306 e. The number of unbranched alkanes of at least 4 members (excludes halogenated alkanes) is 52. The average Bonchev–Trinajstić information content (AvgIpc) is 3.43. The second-order valence-corrected chi connectivity index (χ2v) is 24.0. The molecular formula is C72H136O5. The Balaban J connectivity index is 3.39. The van der Waals surface area contributed by atoms with E-state index < -0.39 is 6.10 Å². The van der Waals surface area contributed by atoms with Gasteiger partial charge in [0, 0.05) is 12.8 Å². The van der Waals surface area contributed by atoms with Crippen molar-refractivity contribution in [2.45, 2.75) is 399 Å². The number of carbonyl (C=O) groups is 2. The van der Waals surface area contributed by atoms with Crippen molar-refractivity contribution in [1.29, 1.82) is 0 Å². The average molecular weight is 1080 g/mol. The zero-order valence-electron chi connectivity index (χ0n) is 52.3. The molecule has 0 saturated carbocycles. The first-order chi connectivity index (χ1) is 38.1. The molecule has 0 heterocycles. The van der Waals surface area contributed by atoms with Crippen LogP contribution in [0.2, 0.25) is 0 Å². The molecule has 77 heavy (non-hydrogen) atoms. The Hall–Kier alpha value is -1.88. The van der Waals surface area contributed by atoms with Gasteiger partial charge in [-0.1, -0.05) is 365 Å². The summed E-state index contributed by atoms with van der Waals surface area (Å²) >= 11 is 0. The Morgan fingerprint density at radius 1 is 0.299 bits per heavy atom. The Labute approximate surface area is 482 Å². The van der Waals surface area contributed by atoms with Crippen molar-refractivity contribution in [2.24, 2.45) is 0 Å². The van der Waals surface area contributed by atoms with E-state index in [1.165, 1.54) is 321 Å². The van der Waals surface area contributed by atoms with Gasteiger partial charge in [0.25, 0.3) is 0 Å². The van der Waals surface area contributed by atoms with E-state index in [-0.39, 0.29) is 25.2 Å². The van der Waals surface area contributed by atoms with Crippen LogP contribution in [0.3, 0.4) is 0 Å². The summed E-state index contributed by atoms with van der Waals surface area (Å²) in [7, 11) is 0. The van der Waals surface area contributed by atoms with Crippen molar-refractivity contribution in [3.8, 4) is 0 Å². The highest BCUT2D eigenvalue weighted by Gasteiger charge is 2.16. The molecule has 0 amide bonds. The molecule has 0 aliphatic carbocycles. The molecule has 0 fully saturated rings. The molecule has 1 N–H and O–H groups in total. The predicted molar refractivity (Wildman–Crippen MR) is 339 cm³/mol. The van der Waals surface area contributed by atoms with Gasteiger partial charge in [-0.2, -0.15) is 0 Å². The summed E-state index contributed by atoms with van der Waals surface area (Å²) in [4.78, 5) is 24.6. The van der Waals surface area contributed by atoms with Crippen LogP contribution in [0.15, 0.2) is 36.5 Å². The van der Waals surface area contributed by atoms with Gasteiger partial charge in [0.2, 0.25) is 0 Å². The Kier molecular flexibility index (Phi) is 66.7. The van der Waals surface area contributed by atoms with Crippen LogP contribution in [-0.4, -0.2) is 36.4 Å². The fourth-order valence-corrected chi connectivity index (χ4v) is 10.9. The van der Waals surface area contributed by atoms with Crippen LogP contribution in [-0.2, 0) is 19.1 Å². The highest BCUT2D eigenvalue weighted by molar-refractivity contribution is 5.70. The molecule has 0 radical (unpaired) electrons. The molecule has 0 aliphatic heterocycles. The van der Waals surface area contributed by atoms with Gasteiger partial charge in [0.1, 0.15) is 6.61 Å². The van der Waals surface area contributed by atoms with Crippen LogP contribution in [0.5, 0.6) is 0 Å². The summed E-state index contributed by atoms with van der Waals surface area (Å²) in [5.74, 6) is -0.565. The van der Waals surface area contributed by atoms with Crippen molar-refractivity contribution < 1.29 is 24.2 Å². The fraction of sp³-hybridized carbons (Fsp3) is 0.889. The van der Waals surface area contributed by atoms with Crippen molar-refractivity contribution in [3.63, 3.8) is 0 Å². The van der Waals surface area contributed by atoms with Gasteiger partial charge in [-0.3, -0.25) is 9.59 Å². The second-order valence-electron chi connectivity index (χ2n) is 24.0. The maximum absolute atomic E-state index is 12.4. The molecule has 1 unspecified atom stereocenters. The molecule has 0 aromatic rings. The van der Waals surface area contributed by atoms with Crippen molar-refractivity contribution in [1.82, 2.24) is 0 Å². The van der Waals surface area contributed by atoms with Crippen LogP contribution >= 0.6 is 0 Å². The third kappa shape index (κ3) is 66.5. The van der Waals surface area contributed by atoms with Gasteiger partial charge in [-0.15, -0.1) is 0 Å². The van der Waals surface area contributed by atoms with Crippen LogP contribution in [0.1, 0.15) is 393 Å². The van der Waals surface area contributed by atoms with Crippen LogP contribution in [0, 0.1) is 0 Å². The van der Waals surface area contributed by atoms with Gasteiger partial charge < -0.3 is 14.6 Å². The maximum atomic E-state index is 12.4. The van der Waals surface area contributed by atoms with Crippen molar-refractivity contribution in [2.75, 3.05) is 13.2 Å². The summed E-state index contributed by atoms with van der Waals surface area (Å²) in [6.07, 6.45) is 90.4. The minimum Gasteiger partial charge on any atom is -0.462 e. The topological polar surface area (TPSA) is 72.8 Å². The molecule has 0 spiro atoms. The normalized spacial score (nSPS) is 12.3. The molecule has 0 aromatic carbocycles. The highest BCUT2D eigenvalue weighted by atomic mass is 16.6. The number of carbonyl (C=O) groups excluding carboxylic acids is 2. The molecule has 0 bridgehead atoms. The van der Waals surface area contributed by atoms with Crippen LogP contribution in [0.4, 0.5) is 0 Å². The lowest BCUT2D eigenvalue weighted by Crippen LogP contribution is -2.28. The summed E-state index contributed by atoms with van der Waals surface area (Å²) in [6.45, 7) is 4.20. The SMILES string of the molecule is CCCCCCC/C=C\C/C=C\C/C=C\CCCCCCCCCCCCCCCCCCCCC(=O)OC(CO)COC(=O)CCCCCCCCCCCCCCCCCCCCCCCCCCCCCCCC. The lowest BCUT2D eigenvalue weighted by molar-refractivity contribution is -0.161. The summed E-state index contributed by atoms with van der Waals surface area (Å²) < 4.78 is 10.8. The summed E-state index contributed by atoms with van der Waals surface area (Å²) in [6, 6.07) is 0. The number of aliphatic hydroxyl groups excluding tert-OH is 1.